The third-order valence-corrected chi connectivity index (χ3v) is 6.02. The van der Waals surface area contributed by atoms with Gasteiger partial charge < -0.3 is 19.7 Å². The Bertz CT molecular complexity index is 987. The van der Waals surface area contributed by atoms with E-state index in [0.29, 0.717) is 0 Å². The van der Waals surface area contributed by atoms with Gasteiger partial charge in [0.2, 0.25) is 0 Å². The van der Waals surface area contributed by atoms with Crippen molar-refractivity contribution in [1.29, 1.82) is 0 Å². The molecule has 3 heterocycles. The molecule has 2 aliphatic heterocycles. The van der Waals surface area contributed by atoms with Crippen LogP contribution in [0, 0.1) is 0 Å². The van der Waals surface area contributed by atoms with Crippen LogP contribution in [0.4, 0.5) is 11.4 Å². The third-order valence-electron chi connectivity index (χ3n) is 6.02. The molecule has 1 N–H and O–H groups in total. The zero-order valence-corrected chi connectivity index (χ0v) is 17.4. The first-order chi connectivity index (χ1) is 14.9. The Morgan fingerprint density at radius 1 is 0.867 bits per heavy atom. The van der Waals surface area contributed by atoms with Gasteiger partial charge in [0.25, 0.3) is 0 Å². The Hall–Kier alpha value is -3.21. The maximum absolute atomic E-state index is 4.18. The number of rotatable bonds is 6. The minimum absolute atomic E-state index is 0.957. The molecule has 5 rings (SSSR count). The van der Waals surface area contributed by atoms with Crippen LogP contribution in [-0.2, 0) is 6.54 Å². The van der Waals surface area contributed by atoms with E-state index in [1.807, 2.05) is 18.7 Å². The van der Waals surface area contributed by atoms with Gasteiger partial charge in [-0.05, 0) is 37.8 Å². The summed E-state index contributed by atoms with van der Waals surface area (Å²) >= 11 is 0. The Morgan fingerprint density at radius 2 is 1.67 bits per heavy atom. The van der Waals surface area contributed by atoms with Gasteiger partial charge in [-0.15, -0.1) is 0 Å². The van der Waals surface area contributed by atoms with Crippen LogP contribution in [0.25, 0.3) is 5.70 Å². The first-order valence-electron chi connectivity index (χ1n) is 11.0. The van der Waals surface area contributed by atoms with Crippen molar-refractivity contribution in [3.63, 3.8) is 0 Å². The normalized spacial score (nSPS) is 16.4. The smallest absolute Gasteiger partial charge is 0.131 e. The number of para-hydroxylation sites is 2. The molecule has 1 aromatic heterocycles. The maximum Gasteiger partial charge on any atom is 0.131 e. The number of benzene rings is 2. The van der Waals surface area contributed by atoms with Crippen molar-refractivity contribution in [3.8, 4) is 0 Å². The molecular formula is C25H29N5. The molecule has 30 heavy (non-hydrogen) atoms. The van der Waals surface area contributed by atoms with Crippen LogP contribution in [0.2, 0.25) is 0 Å². The average molecular weight is 400 g/mol. The van der Waals surface area contributed by atoms with Gasteiger partial charge >= 0.3 is 0 Å². The molecule has 0 amide bonds. The van der Waals surface area contributed by atoms with Crippen LogP contribution in [0.1, 0.15) is 31.2 Å². The average Bonchev–Trinajstić information content (AvgIpc) is 3.33. The van der Waals surface area contributed by atoms with Crippen molar-refractivity contribution in [1.82, 2.24) is 14.5 Å². The second-order valence-corrected chi connectivity index (χ2v) is 8.06. The SMILES string of the molecule is c1ccc(C2=C(N3CCCCC3)Nc3ccccc3N2CCCn2ccnc2)cc1. The van der Waals surface area contributed by atoms with Crippen LogP contribution in [0.15, 0.2) is 79.1 Å². The molecule has 0 saturated carbocycles. The molecule has 0 radical (unpaired) electrons. The highest BCUT2D eigenvalue weighted by Gasteiger charge is 2.29. The minimum atomic E-state index is 0.957. The summed E-state index contributed by atoms with van der Waals surface area (Å²) in [7, 11) is 0. The summed E-state index contributed by atoms with van der Waals surface area (Å²) in [6.07, 6.45) is 10.7. The Kier molecular flexibility index (Phi) is 5.42. The Labute approximate surface area is 178 Å². The summed E-state index contributed by atoms with van der Waals surface area (Å²) < 4.78 is 2.16. The van der Waals surface area contributed by atoms with Gasteiger partial charge in [0, 0.05) is 44.1 Å². The lowest BCUT2D eigenvalue weighted by atomic mass is 10.0. The zero-order valence-electron chi connectivity index (χ0n) is 17.4. The lowest BCUT2D eigenvalue weighted by Crippen LogP contribution is -2.39. The monoisotopic (exact) mass is 399 g/mol. The predicted molar refractivity (Wildman–Crippen MR) is 123 cm³/mol. The highest BCUT2D eigenvalue weighted by atomic mass is 15.3. The number of aromatic nitrogens is 2. The van der Waals surface area contributed by atoms with Crippen molar-refractivity contribution in [2.24, 2.45) is 0 Å². The second-order valence-electron chi connectivity index (χ2n) is 8.06. The number of imidazole rings is 1. The van der Waals surface area contributed by atoms with Crippen LogP contribution in [0.5, 0.6) is 0 Å². The van der Waals surface area contributed by atoms with Crippen molar-refractivity contribution < 1.29 is 0 Å². The Balaban J connectivity index is 1.54. The van der Waals surface area contributed by atoms with E-state index in [-0.39, 0.29) is 0 Å². The van der Waals surface area contributed by atoms with E-state index in [1.54, 1.807) is 0 Å². The molecule has 0 unspecified atom stereocenters. The van der Waals surface area contributed by atoms with Crippen LogP contribution >= 0.6 is 0 Å². The largest absolute Gasteiger partial charge is 0.356 e. The standard InChI is InChI=1S/C25H29N5/c1-3-10-21(11-4-1)24-25(29-16-7-2-8-17-29)27-22-12-5-6-13-23(22)30(24)18-9-15-28-19-14-26-20-28/h1,3-6,10-14,19-20,27H,2,7-9,15-18H2. The first kappa shape index (κ1) is 18.8. The zero-order chi connectivity index (χ0) is 20.2. The van der Waals surface area contributed by atoms with Gasteiger partial charge in [0.15, 0.2) is 0 Å². The van der Waals surface area contributed by atoms with E-state index >= 15 is 0 Å². The van der Waals surface area contributed by atoms with Crippen LogP contribution in [-0.4, -0.2) is 34.1 Å². The molecule has 154 valence electrons. The number of piperidine rings is 1. The number of nitrogens with one attached hydrogen (secondary N) is 1. The predicted octanol–water partition coefficient (Wildman–Crippen LogP) is 5.02. The first-order valence-corrected chi connectivity index (χ1v) is 11.0. The van der Waals surface area contributed by atoms with E-state index in [4.69, 9.17) is 0 Å². The highest BCUT2D eigenvalue weighted by molar-refractivity contribution is 5.92. The molecule has 5 heteroatoms. The number of hydrogen-bond acceptors (Lipinski definition) is 4. The quantitative estimate of drug-likeness (QED) is 0.632. The van der Waals surface area contributed by atoms with Gasteiger partial charge in [-0.25, -0.2) is 4.98 Å². The summed E-state index contributed by atoms with van der Waals surface area (Å²) in [5, 5.41) is 3.80. The number of fused-ring (bicyclic) bond motifs is 1. The molecule has 0 bridgehead atoms. The highest BCUT2D eigenvalue weighted by Crippen LogP contribution is 2.40. The van der Waals surface area contributed by atoms with E-state index in [0.717, 1.165) is 32.6 Å². The van der Waals surface area contributed by atoms with Crippen molar-refractivity contribution in [3.05, 3.63) is 84.7 Å². The van der Waals surface area contributed by atoms with Gasteiger partial charge in [0.1, 0.15) is 5.82 Å². The molecule has 1 saturated heterocycles. The van der Waals surface area contributed by atoms with Crippen molar-refractivity contribution in [2.45, 2.75) is 32.2 Å². The summed E-state index contributed by atoms with van der Waals surface area (Å²) in [6.45, 7) is 4.15. The van der Waals surface area contributed by atoms with Crippen molar-refractivity contribution in [2.75, 3.05) is 29.9 Å². The van der Waals surface area contributed by atoms with Crippen LogP contribution < -0.4 is 10.2 Å². The van der Waals surface area contributed by atoms with E-state index in [9.17, 15) is 0 Å². The number of aryl methyl sites for hydroxylation is 1. The molecule has 3 aromatic rings. The molecule has 5 nitrogen and oxygen atoms in total. The van der Waals surface area contributed by atoms with Gasteiger partial charge in [0.05, 0.1) is 23.4 Å². The molecule has 0 spiro atoms. The molecule has 2 aliphatic rings. The number of likely N-dealkylation sites (tertiary alicyclic amines) is 1. The topological polar surface area (TPSA) is 36.3 Å². The maximum atomic E-state index is 4.18. The van der Waals surface area contributed by atoms with E-state index in [1.165, 1.54) is 47.7 Å². The molecule has 2 aromatic carbocycles. The fraction of sp³-hybridized carbons (Fsp3) is 0.320. The molecule has 1 fully saturated rings. The lowest BCUT2D eigenvalue weighted by molar-refractivity contribution is 0.288. The summed E-state index contributed by atoms with van der Waals surface area (Å²) in [5.41, 5.74) is 5.01. The molecule has 0 atom stereocenters. The summed E-state index contributed by atoms with van der Waals surface area (Å²) in [4.78, 5) is 9.24. The lowest BCUT2D eigenvalue weighted by Gasteiger charge is -2.41. The fourth-order valence-corrected chi connectivity index (χ4v) is 4.55. The third kappa shape index (κ3) is 3.80. The summed E-state index contributed by atoms with van der Waals surface area (Å²) in [5.74, 6) is 1.25. The van der Waals surface area contributed by atoms with Crippen molar-refractivity contribution >= 4 is 17.1 Å². The van der Waals surface area contributed by atoms with E-state index in [2.05, 4.69) is 79.3 Å². The second kappa shape index (κ2) is 8.66. The Morgan fingerprint density at radius 3 is 2.47 bits per heavy atom. The summed E-state index contributed by atoms with van der Waals surface area (Å²) in [6, 6.07) is 19.5. The number of hydrogen-bond donors (Lipinski definition) is 1. The van der Waals surface area contributed by atoms with Crippen LogP contribution in [0.3, 0.4) is 0 Å². The fourth-order valence-electron chi connectivity index (χ4n) is 4.55. The molecular weight excluding hydrogens is 370 g/mol. The molecule has 0 aliphatic carbocycles. The number of anilines is 2. The number of nitrogens with zero attached hydrogens (tertiary/aromatic N) is 4. The van der Waals surface area contributed by atoms with E-state index < -0.39 is 0 Å². The van der Waals surface area contributed by atoms with Gasteiger partial charge in [-0.3, -0.25) is 0 Å². The minimum Gasteiger partial charge on any atom is -0.356 e. The van der Waals surface area contributed by atoms with Gasteiger partial charge in [-0.1, -0.05) is 42.5 Å². The van der Waals surface area contributed by atoms with Gasteiger partial charge in [-0.2, -0.15) is 0 Å².